The highest BCUT2D eigenvalue weighted by Gasteiger charge is 2.20. The fraction of sp³-hybridized carbons (Fsp3) is 0.154. The zero-order valence-electron chi connectivity index (χ0n) is 10.5. The molecule has 0 aliphatic rings. The molecule has 2 rings (SSSR count). The summed E-state index contributed by atoms with van der Waals surface area (Å²) in [5.74, 6) is -0.627. The molecule has 0 bridgehead atoms. The van der Waals surface area contributed by atoms with Crippen LogP contribution in [0.5, 0.6) is 0 Å². The van der Waals surface area contributed by atoms with Gasteiger partial charge in [0.25, 0.3) is 0 Å². The molecule has 0 saturated heterocycles. The molecular formula is C13H12BrFN2O2S. The predicted octanol–water partition coefficient (Wildman–Crippen LogP) is 3.02. The number of hydrogen-bond donors (Lipinski definition) is 1. The fourth-order valence-electron chi connectivity index (χ4n) is 1.64. The van der Waals surface area contributed by atoms with Crippen LogP contribution >= 0.6 is 15.9 Å². The van der Waals surface area contributed by atoms with Gasteiger partial charge in [-0.05, 0) is 53.2 Å². The van der Waals surface area contributed by atoms with Crippen LogP contribution in [-0.4, -0.2) is 13.4 Å². The van der Waals surface area contributed by atoms with E-state index < -0.39 is 21.9 Å². The van der Waals surface area contributed by atoms with Crippen LogP contribution in [0.3, 0.4) is 0 Å². The maximum atomic E-state index is 13.4. The van der Waals surface area contributed by atoms with Crippen molar-refractivity contribution >= 4 is 26.0 Å². The molecule has 106 valence electrons. The first kappa shape index (κ1) is 15.1. The van der Waals surface area contributed by atoms with E-state index in [1.807, 2.05) is 0 Å². The standard InChI is InChI=1S/C13H12BrFN2O2S/c1-9(13-4-2-3-7-16-13)17-20(18,19)10-5-6-11(14)12(15)8-10/h2-9,17H,1H3. The molecule has 0 radical (unpaired) electrons. The Kier molecular flexibility index (Phi) is 4.52. The van der Waals surface area contributed by atoms with Crippen LogP contribution in [0.4, 0.5) is 4.39 Å². The van der Waals surface area contributed by atoms with E-state index >= 15 is 0 Å². The lowest BCUT2D eigenvalue weighted by atomic mass is 10.2. The van der Waals surface area contributed by atoms with E-state index in [9.17, 15) is 12.8 Å². The lowest BCUT2D eigenvalue weighted by Gasteiger charge is -2.13. The van der Waals surface area contributed by atoms with E-state index in [1.54, 1.807) is 31.3 Å². The van der Waals surface area contributed by atoms with Gasteiger partial charge < -0.3 is 0 Å². The summed E-state index contributed by atoms with van der Waals surface area (Å²) < 4.78 is 40.4. The molecule has 1 heterocycles. The average Bonchev–Trinajstić information content (AvgIpc) is 2.42. The summed E-state index contributed by atoms with van der Waals surface area (Å²) >= 11 is 2.98. The molecule has 0 saturated carbocycles. The Bertz CT molecular complexity index is 708. The van der Waals surface area contributed by atoms with Gasteiger partial charge in [-0.3, -0.25) is 4.98 Å². The predicted molar refractivity (Wildman–Crippen MR) is 77.1 cm³/mol. The third-order valence-electron chi connectivity index (χ3n) is 2.66. The number of nitrogens with zero attached hydrogens (tertiary/aromatic N) is 1. The Morgan fingerprint density at radius 1 is 1.30 bits per heavy atom. The molecule has 1 aromatic carbocycles. The van der Waals surface area contributed by atoms with Crippen molar-refractivity contribution in [3.63, 3.8) is 0 Å². The van der Waals surface area contributed by atoms with Crippen LogP contribution in [0.2, 0.25) is 0 Å². The normalized spacial score (nSPS) is 13.2. The third-order valence-corrected chi connectivity index (χ3v) is 4.85. The molecule has 20 heavy (non-hydrogen) atoms. The summed E-state index contributed by atoms with van der Waals surface area (Å²) in [6, 6.07) is 8.39. The minimum atomic E-state index is -3.80. The monoisotopic (exact) mass is 358 g/mol. The Hall–Kier alpha value is -1.31. The van der Waals surface area contributed by atoms with Gasteiger partial charge in [0.05, 0.1) is 21.1 Å². The van der Waals surface area contributed by atoms with E-state index in [0.717, 1.165) is 6.07 Å². The molecule has 1 aromatic heterocycles. The Morgan fingerprint density at radius 3 is 2.65 bits per heavy atom. The van der Waals surface area contributed by atoms with Gasteiger partial charge in [0, 0.05) is 6.20 Å². The molecule has 0 spiro atoms. The van der Waals surface area contributed by atoms with Gasteiger partial charge in [-0.25, -0.2) is 17.5 Å². The summed E-state index contributed by atoms with van der Waals surface area (Å²) in [6.07, 6.45) is 1.58. The average molecular weight is 359 g/mol. The van der Waals surface area contributed by atoms with Crippen molar-refractivity contribution < 1.29 is 12.8 Å². The van der Waals surface area contributed by atoms with Crippen LogP contribution in [-0.2, 0) is 10.0 Å². The molecule has 1 N–H and O–H groups in total. The molecule has 0 aliphatic carbocycles. The second kappa shape index (κ2) is 5.99. The Balaban J connectivity index is 2.25. The summed E-state index contributed by atoms with van der Waals surface area (Å²) in [7, 11) is -3.80. The largest absolute Gasteiger partial charge is 0.260 e. The van der Waals surface area contributed by atoms with Crippen molar-refractivity contribution in [2.24, 2.45) is 0 Å². The van der Waals surface area contributed by atoms with Crippen LogP contribution in [0.15, 0.2) is 52.0 Å². The van der Waals surface area contributed by atoms with E-state index in [4.69, 9.17) is 0 Å². The molecule has 1 unspecified atom stereocenters. The van der Waals surface area contributed by atoms with Crippen LogP contribution in [0.25, 0.3) is 0 Å². The minimum Gasteiger partial charge on any atom is -0.260 e. The van der Waals surface area contributed by atoms with Crippen molar-refractivity contribution in [1.29, 1.82) is 0 Å². The molecule has 7 heteroatoms. The number of pyridine rings is 1. The number of aromatic nitrogens is 1. The smallest absolute Gasteiger partial charge is 0.241 e. The first-order valence-corrected chi connectivity index (χ1v) is 8.06. The van der Waals surface area contributed by atoms with Crippen LogP contribution in [0, 0.1) is 5.82 Å². The molecule has 0 amide bonds. The molecule has 2 aromatic rings. The van der Waals surface area contributed by atoms with E-state index in [-0.39, 0.29) is 9.37 Å². The van der Waals surface area contributed by atoms with Gasteiger partial charge in [-0.2, -0.15) is 0 Å². The first-order chi connectivity index (χ1) is 9.40. The molecular weight excluding hydrogens is 347 g/mol. The van der Waals surface area contributed by atoms with Gasteiger partial charge in [-0.15, -0.1) is 0 Å². The zero-order chi connectivity index (χ0) is 14.8. The molecule has 0 fully saturated rings. The summed E-state index contributed by atoms with van der Waals surface area (Å²) in [6.45, 7) is 1.68. The highest BCUT2D eigenvalue weighted by atomic mass is 79.9. The first-order valence-electron chi connectivity index (χ1n) is 5.78. The maximum Gasteiger partial charge on any atom is 0.241 e. The van der Waals surface area contributed by atoms with Crippen molar-refractivity contribution in [2.75, 3.05) is 0 Å². The quantitative estimate of drug-likeness (QED) is 0.913. The number of hydrogen-bond acceptors (Lipinski definition) is 3. The van der Waals surface area contributed by atoms with E-state index in [1.165, 1.54) is 12.1 Å². The number of sulfonamides is 1. The van der Waals surface area contributed by atoms with Gasteiger partial charge in [0.2, 0.25) is 10.0 Å². The van der Waals surface area contributed by atoms with Crippen molar-refractivity contribution in [2.45, 2.75) is 17.9 Å². The van der Waals surface area contributed by atoms with Crippen LogP contribution in [0.1, 0.15) is 18.7 Å². The fourth-order valence-corrected chi connectivity index (χ4v) is 3.11. The van der Waals surface area contributed by atoms with Gasteiger partial charge in [0.1, 0.15) is 5.82 Å². The number of benzene rings is 1. The topological polar surface area (TPSA) is 59.1 Å². The van der Waals surface area contributed by atoms with Gasteiger partial charge in [0.15, 0.2) is 0 Å². The van der Waals surface area contributed by atoms with Gasteiger partial charge in [-0.1, -0.05) is 6.07 Å². The lowest BCUT2D eigenvalue weighted by molar-refractivity contribution is 0.560. The SMILES string of the molecule is CC(NS(=O)(=O)c1ccc(Br)c(F)c1)c1ccccn1. The third kappa shape index (κ3) is 3.41. The van der Waals surface area contributed by atoms with Crippen molar-refractivity contribution in [3.8, 4) is 0 Å². The van der Waals surface area contributed by atoms with Crippen molar-refractivity contribution in [1.82, 2.24) is 9.71 Å². The summed E-state index contributed by atoms with van der Waals surface area (Å²) in [5.41, 5.74) is 0.591. The number of nitrogens with one attached hydrogen (secondary N) is 1. The summed E-state index contributed by atoms with van der Waals surface area (Å²) in [4.78, 5) is 3.96. The second-order valence-electron chi connectivity index (χ2n) is 4.17. The van der Waals surface area contributed by atoms with E-state index in [0.29, 0.717) is 5.69 Å². The Labute approximate surface area is 125 Å². The maximum absolute atomic E-state index is 13.4. The number of rotatable bonds is 4. The number of halogens is 2. The minimum absolute atomic E-state index is 0.124. The second-order valence-corrected chi connectivity index (χ2v) is 6.74. The van der Waals surface area contributed by atoms with E-state index in [2.05, 4.69) is 25.6 Å². The summed E-state index contributed by atoms with van der Waals surface area (Å²) in [5, 5.41) is 0. The molecule has 4 nitrogen and oxygen atoms in total. The molecule has 1 atom stereocenters. The Morgan fingerprint density at radius 2 is 2.05 bits per heavy atom. The van der Waals surface area contributed by atoms with Crippen LogP contribution < -0.4 is 4.72 Å². The molecule has 0 aliphatic heterocycles. The highest BCUT2D eigenvalue weighted by Crippen LogP contribution is 2.21. The zero-order valence-corrected chi connectivity index (χ0v) is 12.9. The van der Waals surface area contributed by atoms with Crippen molar-refractivity contribution in [3.05, 3.63) is 58.6 Å². The highest BCUT2D eigenvalue weighted by molar-refractivity contribution is 9.10. The van der Waals surface area contributed by atoms with Gasteiger partial charge >= 0.3 is 0 Å². The lowest BCUT2D eigenvalue weighted by Crippen LogP contribution is -2.27.